The summed E-state index contributed by atoms with van der Waals surface area (Å²) >= 11 is 5.83. The first-order valence-corrected chi connectivity index (χ1v) is 9.61. The molecule has 0 saturated carbocycles. The largest absolute Gasteiger partial charge is 0.489 e. The number of rotatable bonds is 6. The average molecular weight is 435 g/mol. The second kappa shape index (κ2) is 8.81. The Hall–Kier alpha value is -3.97. The number of cyclic esters (lactones) is 1. The third-order valence-electron chi connectivity index (χ3n) is 4.42. The molecule has 3 aromatic rings. The molecule has 8 heteroatoms. The highest BCUT2D eigenvalue weighted by Crippen LogP contribution is 2.28. The van der Waals surface area contributed by atoms with Crippen LogP contribution in [0.2, 0.25) is 5.02 Å². The number of nitrogens with zero attached hydrogens (tertiary/aromatic N) is 2. The normalized spacial score (nSPS) is 14.3. The van der Waals surface area contributed by atoms with Crippen LogP contribution in [0.5, 0.6) is 5.75 Å². The summed E-state index contributed by atoms with van der Waals surface area (Å²) < 4.78 is 11.0. The molecule has 0 unspecified atom stereocenters. The number of hydrogen-bond acceptors (Lipinski definition) is 6. The molecule has 31 heavy (non-hydrogen) atoms. The van der Waals surface area contributed by atoms with Crippen molar-refractivity contribution in [3.05, 3.63) is 110 Å². The van der Waals surface area contributed by atoms with Gasteiger partial charge < -0.3 is 9.47 Å². The molecule has 1 heterocycles. The molecule has 0 amide bonds. The fourth-order valence-corrected chi connectivity index (χ4v) is 3.10. The van der Waals surface area contributed by atoms with Crippen molar-refractivity contribution in [1.82, 2.24) is 0 Å². The van der Waals surface area contributed by atoms with Crippen molar-refractivity contribution in [3.8, 4) is 5.75 Å². The van der Waals surface area contributed by atoms with Gasteiger partial charge in [-0.25, -0.2) is 9.79 Å². The minimum Gasteiger partial charge on any atom is -0.489 e. The highest BCUT2D eigenvalue weighted by Gasteiger charge is 2.26. The van der Waals surface area contributed by atoms with Gasteiger partial charge in [0.25, 0.3) is 5.69 Å². The lowest BCUT2D eigenvalue weighted by Gasteiger charge is -2.07. The molecule has 4 rings (SSSR count). The SMILES string of the molecule is O=C1OC(c2ccc(Cl)c([N+](=O)[O-])c2)=N/C1=C/c1cccc(OCc2ccccc2)c1. The summed E-state index contributed by atoms with van der Waals surface area (Å²) in [5.74, 6) is -0.0298. The Morgan fingerprint density at radius 1 is 1.06 bits per heavy atom. The molecule has 0 N–H and O–H groups in total. The zero-order valence-corrected chi connectivity index (χ0v) is 16.8. The van der Waals surface area contributed by atoms with Gasteiger partial charge in [0.2, 0.25) is 5.90 Å². The van der Waals surface area contributed by atoms with Gasteiger partial charge >= 0.3 is 5.97 Å². The lowest BCUT2D eigenvalue weighted by atomic mass is 10.2. The van der Waals surface area contributed by atoms with Crippen molar-refractivity contribution >= 4 is 35.2 Å². The van der Waals surface area contributed by atoms with Gasteiger partial charge in [0.15, 0.2) is 5.70 Å². The number of carbonyl (C=O) groups is 1. The van der Waals surface area contributed by atoms with Gasteiger partial charge in [-0.2, -0.15) is 0 Å². The predicted octanol–water partition coefficient (Wildman–Crippen LogP) is 5.17. The smallest absolute Gasteiger partial charge is 0.363 e. The van der Waals surface area contributed by atoms with E-state index in [0.717, 1.165) is 5.56 Å². The number of aliphatic imine (C=N–C) groups is 1. The third kappa shape index (κ3) is 4.79. The molecule has 0 aromatic heterocycles. The Kier molecular flexibility index (Phi) is 5.77. The van der Waals surface area contributed by atoms with Crippen LogP contribution < -0.4 is 4.74 Å². The van der Waals surface area contributed by atoms with E-state index in [1.807, 2.05) is 36.4 Å². The number of benzene rings is 3. The molecule has 0 aliphatic carbocycles. The fraction of sp³-hybridized carbons (Fsp3) is 0.0435. The molecule has 1 aliphatic rings. The Morgan fingerprint density at radius 2 is 1.87 bits per heavy atom. The lowest BCUT2D eigenvalue weighted by Crippen LogP contribution is -2.06. The standard InChI is InChI=1S/C23H15ClN2O5/c24-19-10-9-17(13-21(19)26(28)29)22-25-20(23(27)31-22)12-16-7-4-8-18(11-16)30-14-15-5-2-1-3-6-15/h1-13H,14H2/b20-12+. The Balaban J connectivity index is 1.55. The molecular formula is C23H15ClN2O5. The van der Waals surface area contributed by atoms with Crippen molar-refractivity contribution < 1.29 is 19.2 Å². The maximum absolute atomic E-state index is 12.2. The molecule has 1 aliphatic heterocycles. The Morgan fingerprint density at radius 3 is 2.65 bits per heavy atom. The summed E-state index contributed by atoms with van der Waals surface area (Å²) in [6, 6.07) is 21.0. The van der Waals surface area contributed by atoms with Crippen LogP contribution in [-0.2, 0) is 16.1 Å². The molecule has 0 saturated heterocycles. The van der Waals surface area contributed by atoms with Crippen molar-refractivity contribution in [3.63, 3.8) is 0 Å². The zero-order valence-electron chi connectivity index (χ0n) is 16.0. The van der Waals surface area contributed by atoms with Crippen molar-refractivity contribution in [2.45, 2.75) is 6.61 Å². The maximum atomic E-state index is 12.2. The van der Waals surface area contributed by atoms with Crippen LogP contribution in [0.4, 0.5) is 5.69 Å². The minimum absolute atomic E-state index is 0.0123. The highest BCUT2D eigenvalue weighted by molar-refractivity contribution is 6.32. The van der Waals surface area contributed by atoms with Gasteiger partial charge in [-0.1, -0.05) is 54.1 Å². The first-order valence-electron chi connectivity index (χ1n) is 9.23. The van der Waals surface area contributed by atoms with Crippen LogP contribution in [-0.4, -0.2) is 16.8 Å². The maximum Gasteiger partial charge on any atom is 0.363 e. The summed E-state index contributed by atoms with van der Waals surface area (Å²) in [5, 5.41) is 11.1. The number of nitro benzene ring substituents is 1. The van der Waals surface area contributed by atoms with E-state index in [9.17, 15) is 14.9 Å². The van der Waals surface area contributed by atoms with Gasteiger partial charge in [0.05, 0.1) is 4.92 Å². The second-order valence-corrected chi connectivity index (χ2v) is 7.01. The van der Waals surface area contributed by atoms with Gasteiger partial charge in [-0.15, -0.1) is 0 Å². The number of nitro groups is 1. The van der Waals surface area contributed by atoms with E-state index in [1.54, 1.807) is 24.3 Å². The summed E-state index contributed by atoms with van der Waals surface area (Å²) in [6.07, 6.45) is 1.56. The van der Waals surface area contributed by atoms with Crippen LogP contribution >= 0.6 is 11.6 Å². The topological polar surface area (TPSA) is 91.0 Å². The number of halogens is 1. The van der Waals surface area contributed by atoms with Crippen LogP contribution in [0.1, 0.15) is 16.7 Å². The van der Waals surface area contributed by atoms with Gasteiger partial charge in [0.1, 0.15) is 17.4 Å². The quantitative estimate of drug-likeness (QED) is 0.231. The van der Waals surface area contributed by atoms with Crippen molar-refractivity contribution in [2.75, 3.05) is 0 Å². The first-order chi connectivity index (χ1) is 15.0. The molecule has 0 atom stereocenters. The first kappa shape index (κ1) is 20.3. The van der Waals surface area contributed by atoms with E-state index in [2.05, 4.69) is 4.99 Å². The molecule has 154 valence electrons. The van der Waals surface area contributed by atoms with E-state index in [-0.39, 0.29) is 27.9 Å². The van der Waals surface area contributed by atoms with Crippen LogP contribution in [0, 0.1) is 10.1 Å². The van der Waals surface area contributed by atoms with E-state index in [0.29, 0.717) is 17.9 Å². The Bertz CT molecular complexity index is 1220. The monoisotopic (exact) mass is 434 g/mol. The Labute approximate surface area is 182 Å². The van der Waals surface area contributed by atoms with Gasteiger partial charge in [-0.05, 0) is 41.5 Å². The highest BCUT2D eigenvalue weighted by atomic mass is 35.5. The lowest BCUT2D eigenvalue weighted by molar-refractivity contribution is -0.384. The zero-order chi connectivity index (χ0) is 21.8. The van der Waals surface area contributed by atoms with E-state index in [4.69, 9.17) is 21.1 Å². The number of carbonyl (C=O) groups excluding carboxylic acids is 1. The number of esters is 1. The van der Waals surface area contributed by atoms with Crippen LogP contribution in [0.25, 0.3) is 6.08 Å². The van der Waals surface area contributed by atoms with Gasteiger partial charge in [0, 0.05) is 11.6 Å². The minimum atomic E-state index is -0.650. The molecule has 0 spiro atoms. The molecule has 7 nitrogen and oxygen atoms in total. The molecule has 3 aromatic carbocycles. The summed E-state index contributed by atoms with van der Waals surface area (Å²) in [5.41, 5.74) is 1.81. The second-order valence-electron chi connectivity index (χ2n) is 6.61. The predicted molar refractivity (Wildman–Crippen MR) is 116 cm³/mol. The molecule has 0 fully saturated rings. The summed E-state index contributed by atoms with van der Waals surface area (Å²) in [7, 11) is 0. The number of ether oxygens (including phenoxy) is 2. The summed E-state index contributed by atoms with van der Waals surface area (Å²) in [6.45, 7) is 0.417. The number of hydrogen-bond donors (Lipinski definition) is 0. The van der Waals surface area contributed by atoms with E-state index >= 15 is 0 Å². The fourth-order valence-electron chi connectivity index (χ4n) is 2.91. The van der Waals surface area contributed by atoms with E-state index in [1.165, 1.54) is 18.2 Å². The van der Waals surface area contributed by atoms with Crippen LogP contribution in [0.15, 0.2) is 83.5 Å². The van der Waals surface area contributed by atoms with Gasteiger partial charge in [-0.3, -0.25) is 10.1 Å². The molecule has 0 bridgehead atoms. The summed E-state index contributed by atoms with van der Waals surface area (Å²) in [4.78, 5) is 26.9. The van der Waals surface area contributed by atoms with Crippen molar-refractivity contribution in [2.24, 2.45) is 4.99 Å². The molecular weight excluding hydrogens is 420 g/mol. The van der Waals surface area contributed by atoms with E-state index < -0.39 is 10.9 Å². The molecule has 0 radical (unpaired) electrons. The average Bonchev–Trinajstić information content (AvgIpc) is 3.13. The van der Waals surface area contributed by atoms with Crippen LogP contribution in [0.3, 0.4) is 0 Å². The van der Waals surface area contributed by atoms with Crippen molar-refractivity contribution in [1.29, 1.82) is 0 Å². The third-order valence-corrected chi connectivity index (χ3v) is 4.74.